The molecule has 0 amide bonds. The minimum absolute atomic E-state index is 0.104. The number of ether oxygens (including phenoxy) is 1. The van der Waals surface area contributed by atoms with Crippen molar-refractivity contribution in [2.75, 3.05) is 25.5 Å². The molecule has 2 rings (SSSR count). The summed E-state index contributed by atoms with van der Waals surface area (Å²) < 4.78 is 31.9. The number of hydrogen-bond acceptors (Lipinski definition) is 6. The highest BCUT2D eigenvalue weighted by Gasteiger charge is 2.32. The fourth-order valence-corrected chi connectivity index (χ4v) is 3.54. The first kappa shape index (κ1) is 14.2. The maximum Gasteiger partial charge on any atom is 0.246 e. The molecule has 1 aromatic heterocycles. The van der Waals surface area contributed by atoms with Crippen LogP contribution in [-0.2, 0) is 14.8 Å². The van der Waals surface area contributed by atoms with Gasteiger partial charge >= 0.3 is 0 Å². The number of sulfonamides is 1. The Kier molecular flexibility index (Phi) is 4.02. The Morgan fingerprint density at radius 1 is 1.26 bits per heavy atom. The van der Waals surface area contributed by atoms with E-state index in [-0.39, 0.29) is 17.1 Å². The molecule has 8 heteroatoms. The molecule has 2 unspecified atom stereocenters. The summed E-state index contributed by atoms with van der Waals surface area (Å²) in [5.74, 6) is 0.391. The third-order valence-corrected chi connectivity index (χ3v) is 4.66. The number of aromatic nitrogens is 2. The highest BCUT2D eigenvalue weighted by molar-refractivity contribution is 7.89. The average molecular weight is 286 g/mol. The summed E-state index contributed by atoms with van der Waals surface area (Å²) in [4.78, 5) is 7.98. The Morgan fingerprint density at radius 2 is 1.79 bits per heavy atom. The van der Waals surface area contributed by atoms with E-state index in [9.17, 15) is 8.42 Å². The molecule has 0 spiro atoms. The third-order valence-electron chi connectivity index (χ3n) is 2.88. The molecule has 19 heavy (non-hydrogen) atoms. The molecule has 7 nitrogen and oxygen atoms in total. The smallest absolute Gasteiger partial charge is 0.246 e. The highest BCUT2D eigenvalue weighted by atomic mass is 32.2. The van der Waals surface area contributed by atoms with Crippen LogP contribution in [-0.4, -0.2) is 55.0 Å². The van der Waals surface area contributed by atoms with Crippen molar-refractivity contribution in [2.24, 2.45) is 0 Å². The molecule has 0 aliphatic carbocycles. The summed E-state index contributed by atoms with van der Waals surface area (Å²) >= 11 is 0. The van der Waals surface area contributed by atoms with Crippen molar-refractivity contribution in [3.05, 3.63) is 12.4 Å². The van der Waals surface area contributed by atoms with Gasteiger partial charge in [-0.3, -0.25) is 0 Å². The molecule has 2 heterocycles. The number of nitrogens with zero attached hydrogens (tertiary/aromatic N) is 3. The number of anilines is 1. The van der Waals surface area contributed by atoms with Crippen LogP contribution < -0.4 is 5.32 Å². The van der Waals surface area contributed by atoms with Crippen LogP contribution in [0.4, 0.5) is 5.95 Å². The van der Waals surface area contributed by atoms with Gasteiger partial charge in [-0.2, -0.15) is 4.31 Å². The van der Waals surface area contributed by atoms with Crippen LogP contribution in [0, 0.1) is 0 Å². The van der Waals surface area contributed by atoms with Crippen molar-refractivity contribution in [1.29, 1.82) is 0 Å². The van der Waals surface area contributed by atoms with Gasteiger partial charge in [-0.15, -0.1) is 0 Å². The van der Waals surface area contributed by atoms with E-state index in [1.807, 2.05) is 13.8 Å². The molecule has 0 radical (unpaired) electrons. The Hall–Kier alpha value is -1.25. The first-order valence-corrected chi connectivity index (χ1v) is 7.53. The maximum absolute atomic E-state index is 12.4. The lowest BCUT2D eigenvalue weighted by atomic mass is 10.3. The second-order valence-corrected chi connectivity index (χ2v) is 6.51. The van der Waals surface area contributed by atoms with E-state index in [4.69, 9.17) is 4.74 Å². The van der Waals surface area contributed by atoms with Crippen molar-refractivity contribution < 1.29 is 13.2 Å². The molecule has 106 valence electrons. The maximum atomic E-state index is 12.4. The largest absolute Gasteiger partial charge is 0.373 e. The molecule has 1 fully saturated rings. The number of morpholine rings is 1. The number of rotatable bonds is 3. The van der Waals surface area contributed by atoms with Crippen LogP contribution in [0.1, 0.15) is 13.8 Å². The molecule has 1 aliphatic rings. The van der Waals surface area contributed by atoms with Gasteiger partial charge in [0.25, 0.3) is 0 Å². The predicted molar refractivity (Wildman–Crippen MR) is 70.3 cm³/mol. The van der Waals surface area contributed by atoms with E-state index in [0.717, 1.165) is 0 Å². The highest BCUT2D eigenvalue weighted by Crippen LogP contribution is 2.20. The van der Waals surface area contributed by atoms with Gasteiger partial charge in [0.05, 0.1) is 24.6 Å². The quantitative estimate of drug-likeness (QED) is 0.861. The minimum Gasteiger partial charge on any atom is -0.373 e. The first-order valence-electron chi connectivity index (χ1n) is 6.09. The molecule has 0 bridgehead atoms. The molecule has 0 saturated carbocycles. The van der Waals surface area contributed by atoms with Crippen molar-refractivity contribution >= 4 is 16.0 Å². The second-order valence-electron chi connectivity index (χ2n) is 4.57. The molecule has 1 aromatic rings. The van der Waals surface area contributed by atoms with Crippen LogP contribution in [0.2, 0.25) is 0 Å². The normalized spacial score (nSPS) is 25.2. The Balaban J connectivity index is 2.25. The molecule has 1 aliphatic heterocycles. The summed E-state index contributed by atoms with van der Waals surface area (Å²) in [5, 5.41) is 2.75. The summed E-state index contributed by atoms with van der Waals surface area (Å²) in [6.07, 6.45) is 2.41. The lowest BCUT2D eigenvalue weighted by Crippen LogP contribution is -2.48. The van der Waals surface area contributed by atoms with E-state index in [0.29, 0.717) is 19.0 Å². The molecule has 1 saturated heterocycles. The van der Waals surface area contributed by atoms with Crippen LogP contribution in [0.3, 0.4) is 0 Å². The van der Waals surface area contributed by atoms with Gasteiger partial charge in [-0.1, -0.05) is 0 Å². The Labute approximate surface area is 113 Å². The predicted octanol–water partition coefficient (Wildman–Crippen LogP) is 0.316. The SMILES string of the molecule is CNc1ncc(S(=O)(=O)N2CC(C)OC(C)C2)cn1. The zero-order valence-corrected chi connectivity index (χ0v) is 12.0. The minimum atomic E-state index is -3.55. The summed E-state index contributed by atoms with van der Waals surface area (Å²) in [6.45, 7) is 4.42. The Bertz CT molecular complexity index is 521. The molecule has 0 aromatic carbocycles. The monoisotopic (exact) mass is 286 g/mol. The van der Waals surface area contributed by atoms with Crippen LogP contribution >= 0.6 is 0 Å². The zero-order chi connectivity index (χ0) is 14.0. The fraction of sp³-hybridized carbons (Fsp3) is 0.636. The van der Waals surface area contributed by atoms with Crippen molar-refractivity contribution in [3.63, 3.8) is 0 Å². The van der Waals surface area contributed by atoms with Gasteiger partial charge < -0.3 is 10.1 Å². The van der Waals surface area contributed by atoms with Crippen LogP contribution in [0.5, 0.6) is 0 Å². The van der Waals surface area contributed by atoms with Gasteiger partial charge in [0.15, 0.2) is 0 Å². The lowest BCUT2D eigenvalue weighted by Gasteiger charge is -2.34. The third kappa shape index (κ3) is 3.02. The summed E-state index contributed by atoms with van der Waals surface area (Å²) in [5.41, 5.74) is 0. The zero-order valence-electron chi connectivity index (χ0n) is 11.2. The van der Waals surface area contributed by atoms with Crippen molar-refractivity contribution in [2.45, 2.75) is 31.0 Å². The summed E-state index contributed by atoms with van der Waals surface area (Å²) in [6, 6.07) is 0. The van der Waals surface area contributed by atoms with Gasteiger partial charge in [0, 0.05) is 20.1 Å². The second kappa shape index (κ2) is 5.40. The first-order chi connectivity index (χ1) is 8.93. The molecular weight excluding hydrogens is 268 g/mol. The number of hydrogen-bond donors (Lipinski definition) is 1. The van der Waals surface area contributed by atoms with E-state index in [1.165, 1.54) is 16.7 Å². The van der Waals surface area contributed by atoms with E-state index < -0.39 is 10.0 Å². The standard InChI is InChI=1S/C11H18N4O3S/c1-8-6-15(7-9(2)18-8)19(16,17)10-4-13-11(12-3)14-5-10/h4-5,8-9H,6-7H2,1-3H3,(H,12,13,14). The summed E-state index contributed by atoms with van der Waals surface area (Å²) in [7, 11) is -1.88. The van der Waals surface area contributed by atoms with Gasteiger partial charge in [-0.05, 0) is 13.8 Å². The van der Waals surface area contributed by atoms with Crippen molar-refractivity contribution in [1.82, 2.24) is 14.3 Å². The van der Waals surface area contributed by atoms with E-state index in [1.54, 1.807) is 7.05 Å². The van der Waals surface area contributed by atoms with Crippen LogP contribution in [0.25, 0.3) is 0 Å². The number of nitrogens with one attached hydrogen (secondary N) is 1. The Morgan fingerprint density at radius 3 is 2.26 bits per heavy atom. The average Bonchev–Trinajstić information content (AvgIpc) is 2.37. The molecule has 1 N–H and O–H groups in total. The molecule has 2 atom stereocenters. The van der Waals surface area contributed by atoms with E-state index in [2.05, 4.69) is 15.3 Å². The fourth-order valence-electron chi connectivity index (χ4n) is 2.05. The molecular formula is C11H18N4O3S. The lowest BCUT2D eigenvalue weighted by molar-refractivity contribution is -0.0440. The van der Waals surface area contributed by atoms with Gasteiger partial charge in [0.2, 0.25) is 16.0 Å². The van der Waals surface area contributed by atoms with Gasteiger partial charge in [-0.25, -0.2) is 18.4 Å². The van der Waals surface area contributed by atoms with Crippen molar-refractivity contribution in [3.8, 4) is 0 Å². The van der Waals surface area contributed by atoms with Gasteiger partial charge in [0.1, 0.15) is 4.90 Å². The van der Waals surface area contributed by atoms with Crippen LogP contribution in [0.15, 0.2) is 17.3 Å². The van der Waals surface area contributed by atoms with E-state index >= 15 is 0 Å². The topological polar surface area (TPSA) is 84.4 Å².